The minimum Gasteiger partial charge on any atom is -0.359 e. The summed E-state index contributed by atoms with van der Waals surface area (Å²) < 4.78 is 31.8. The van der Waals surface area contributed by atoms with Gasteiger partial charge in [-0.05, 0) is 31.5 Å². The van der Waals surface area contributed by atoms with Crippen molar-refractivity contribution in [2.75, 3.05) is 10.6 Å². The van der Waals surface area contributed by atoms with Gasteiger partial charge in [-0.2, -0.15) is 10.1 Å². The molecule has 8 nitrogen and oxygen atoms in total. The van der Waals surface area contributed by atoms with E-state index >= 15 is 0 Å². The fourth-order valence-electron chi connectivity index (χ4n) is 3.02. The summed E-state index contributed by atoms with van der Waals surface area (Å²) in [6.07, 6.45) is 1.95. The molecule has 0 aliphatic heterocycles. The Morgan fingerprint density at radius 2 is 1.90 bits per heavy atom. The number of H-pyrrole nitrogens is 1. The van der Waals surface area contributed by atoms with Crippen LogP contribution in [-0.2, 0) is 13.0 Å². The lowest BCUT2D eigenvalue weighted by Crippen LogP contribution is -2.06. The van der Waals surface area contributed by atoms with Crippen LogP contribution in [0.4, 0.5) is 26.4 Å². The molecular formula is C21H21F2N7O. The van der Waals surface area contributed by atoms with Gasteiger partial charge < -0.3 is 15.2 Å². The van der Waals surface area contributed by atoms with Crippen molar-refractivity contribution in [3.05, 3.63) is 65.2 Å². The van der Waals surface area contributed by atoms with E-state index in [2.05, 4.69) is 42.9 Å². The lowest BCUT2D eigenvalue weighted by Gasteiger charge is -2.07. The Balaban J connectivity index is 1.42. The van der Waals surface area contributed by atoms with E-state index in [4.69, 9.17) is 4.52 Å². The molecule has 0 aliphatic rings. The molecule has 4 rings (SSSR count). The van der Waals surface area contributed by atoms with Crippen molar-refractivity contribution in [2.45, 2.75) is 33.2 Å². The number of aryl methyl sites for hydroxylation is 2. The van der Waals surface area contributed by atoms with Crippen LogP contribution in [0.5, 0.6) is 0 Å². The average Bonchev–Trinajstić information content (AvgIpc) is 3.38. The maximum Gasteiger partial charge on any atom is 0.225 e. The van der Waals surface area contributed by atoms with Crippen LogP contribution < -0.4 is 10.6 Å². The minimum atomic E-state index is -0.938. The number of aromatic amines is 1. The second kappa shape index (κ2) is 8.90. The lowest BCUT2D eigenvalue weighted by molar-refractivity contribution is 0.390. The van der Waals surface area contributed by atoms with E-state index in [1.54, 1.807) is 6.07 Å². The van der Waals surface area contributed by atoms with Gasteiger partial charge in [0.25, 0.3) is 0 Å². The molecule has 1 aromatic carbocycles. The summed E-state index contributed by atoms with van der Waals surface area (Å²) in [5.74, 6) is 0.329. The third kappa shape index (κ3) is 5.03. The SMILES string of the molecule is CCCc1cc(Nc2cc(C)nc(NCc3cc(-c4ccc(F)c(F)c4)no3)n2)n[nH]1. The first-order valence-electron chi connectivity index (χ1n) is 9.82. The smallest absolute Gasteiger partial charge is 0.225 e. The number of hydrogen-bond donors (Lipinski definition) is 3. The molecule has 0 amide bonds. The molecular weight excluding hydrogens is 404 g/mol. The number of anilines is 3. The van der Waals surface area contributed by atoms with Gasteiger partial charge in [0, 0.05) is 35.2 Å². The number of halogens is 2. The van der Waals surface area contributed by atoms with Crippen molar-refractivity contribution in [3.8, 4) is 11.3 Å². The molecule has 160 valence electrons. The van der Waals surface area contributed by atoms with E-state index in [0.717, 1.165) is 36.4 Å². The zero-order valence-corrected chi connectivity index (χ0v) is 17.0. The predicted octanol–water partition coefficient (Wildman–Crippen LogP) is 4.75. The number of hydrogen-bond acceptors (Lipinski definition) is 7. The Kier molecular flexibility index (Phi) is 5.87. The van der Waals surface area contributed by atoms with Crippen LogP contribution in [0.15, 0.2) is 40.9 Å². The summed E-state index contributed by atoms with van der Waals surface area (Å²) in [4.78, 5) is 8.81. The molecule has 0 spiro atoms. The zero-order chi connectivity index (χ0) is 21.8. The number of rotatable bonds is 8. The Labute approximate surface area is 177 Å². The number of nitrogens with zero attached hydrogens (tertiary/aromatic N) is 4. The van der Waals surface area contributed by atoms with Crippen molar-refractivity contribution in [3.63, 3.8) is 0 Å². The van der Waals surface area contributed by atoms with Gasteiger partial charge in [0.1, 0.15) is 11.5 Å². The molecule has 0 radical (unpaired) electrons. The van der Waals surface area contributed by atoms with E-state index in [0.29, 0.717) is 34.6 Å². The van der Waals surface area contributed by atoms with Crippen LogP contribution >= 0.6 is 0 Å². The molecule has 0 atom stereocenters. The fraction of sp³-hybridized carbons (Fsp3) is 0.238. The van der Waals surface area contributed by atoms with Gasteiger partial charge >= 0.3 is 0 Å². The van der Waals surface area contributed by atoms with Gasteiger partial charge in [0.2, 0.25) is 5.95 Å². The topological polar surface area (TPSA) is 105 Å². The van der Waals surface area contributed by atoms with Gasteiger partial charge in [-0.15, -0.1) is 0 Å². The number of nitrogens with one attached hydrogen (secondary N) is 3. The van der Waals surface area contributed by atoms with Crippen molar-refractivity contribution < 1.29 is 13.3 Å². The standard InChI is InChI=1S/C21H21F2N7O/c1-3-4-14-9-20(29-28-14)26-19-7-12(2)25-21(27-19)24-11-15-10-18(30-31-15)13-5-6-16(22)17(23)8-13/h5-10H,3-4,11H2,1-2H3,(H3,24,25,26,27,28,29). The largest absolute Gasteiger partial charge is 0.359 e. The Morgan fingerprint density at radius 1 is 1.03 bits per heavy atom. The predicted molar refractivity (Wildman–Crippen MR) is 112 cm³/mol. The molecule has 3 N–H and O–H groups in total. The molecule has 0 saturated carbocycles. The van der Waals surface area contributed by atoms with Gasteiger partial charge in [-0.1, -0.05) is 18.5 Å². The second-order valence-corrected chi connectivity index (χ2v) is 7.03. The maximum atomic E-state index is 13.4. The highest BCUT2D eigenvalue weighted by Crippen LogP contribution is 2.22. The zero-order valence-electron chi connectivity index (χ0n) is 17.0. The van der Waals surface area contributed by atoms with Gasteiger partial charge in [0.15, 0.2) is 23.2 Å². The highest BCUT2D eigenvalue weighted by atomic mass is 19.2. The Morgan fingerprint density at radius 3 is 2.71 bits per heavy atom. The first kappa shape index (κ1) is 20.5. The molecule has 3 heterocycles. The summed E-state index contributed by atoms with van der Waals surface area (Å²) in [7, 11) is 0. The monoisotopic (exact) mass is 425 g/mol. The van der Waals surface area contributed by atoms with Gasteiger partial charge in [-0.25, -0.2) is 13.8 Å². The third-order valence-electron chi connectivity index (χ3n) is 4.46. The molecule has 0 saturated heterocycles. The van der Waals surface area contributed by atoms with E-state index in [-0.39, 0.29) is 6.54 Å². The van der Waals surface area contributed by atoms with Crippen LogP contribution in [0.1, 0.15) is 30.5 Å². The number of benzene rings is 1. The average molecular weight is 425 g/mol. The normalized spacial score (nSPS) is 11.0. The van der Waals surface area contributed by atoms with Crippen molar-refractivity contribution in [1.29, 1.82) is 0 Å². The van der Waals surface area contributed by atoms with Crippen LogP contribution in [0.2, 0.25) is 0 Å². The van der Waals surface area contributed by atoms with E-state index < -0.39 is 11.6 Å². The highest BCUT2D eigenvalue weighted by Gasteiger charge is 2.11. The molecule has 0 unspecified atom stereocenters. The summed E-state index contributed by atoms with van der Waals surface area (Å²) in [5, 5.41) is 17.4. The first-order chi connectivity index (χ1) is 15.0. The summed E-state index contributed by atoms with van der Waals surface area (Å²) in [5.41, 5.74) is 2.65. The summed E-state index contributed by atoms with van der Waals surface area (Å²) in [6, 6.07) is 8.98. The minimum absolute atomic E-state index is 0.266. The molecule has 31 heavy (non-hydrogen) atoms. The van der Waals surface area contributed by atoms with Crippen LogP contribution in [0, 0.1) is 18.6 Å². The van der Waals surface area contributed by atoms with Gasteiger partial charge in [0.05, 0.1) is 6.54 Å². The lowest BCUT2D eigenvalue weighted by atomic mass is 10.1. The molecule has 3 aromatic heterocycles. The first-order valence-corrected chi connectivity index (χ1v) is 9.82. The fourth-order valence-corrected chi connectivity index (χ4v) is 3.02. The molecule has 0 aliphatic carbocycles. The second-order valence-electron chi connectivity index (χ2n) is 7.03. The van der Waals surface area contributed by atoms with Crippen LogP contribution in [0.3, 0.4) is 0 Å². The Bertz CT molecular complexity index is 1190. The van der Waals surface area contributed by atoms with Crippen molar-refractivity contribution in [2.24, 2.45) is 0 Å². The van der Waals surface area contributed by atoms with E-state index in [9.17, 15) is 8.78 Å². The van der Waals surface area contributed by atoms with E-state index in [1.165, 1.54) is 6.07 Å². The summed E-state index contributed by atoms with van der Waals surface area (Å²) >= 11 is 0. The third-order valence-corrected chi connectivity index (χ3v) is 4.46. The van der Waals surface area contributed by atoms with Crippen LogP contribution in [0.25, 0.3) is 11.3 Å². The molecule has 10 heteroatoms. The maximum absolute atomic E-state index is 13.4. The van der Waals surface area contributed by atoms with Crippen molar-refractivity contribution >= 4 is 17.6 Å². The Hall–Kier alpha value is -3.82. The molecule has 0 bridgehead atoms. The van der Waals surface area contributed by atoms with E-state index in [1.807, 2.05) is 19.1 Å². The molecule has 0 fully saturated rings. The van der Waals surface area contributed by atoms with Crippen molar-refractivity contribution in [1.82, 2.24) is 25.3 Å². The quantitative estimate of drug-likeness (QED) is 0.374. The molecule has 4 aromatic rings. The van der Waals surface area contributed by atoms with Crippen LogP contribution in [-0.4, -0.2) is 25.3 Å². The summed E-state index contributed by atoms with van der Waals surface area (Å²) in [6.45, 7) is 4.23. The van der Waals surface area contributed by atoms with Gasteiger partial charge in [-0.3, -0.25) is 5.10 Å². The number of aromatic nitrogens is 5. The highest BCUT2D eigenvalue weighted by molar-refractivity contribution is 5.59.